The monoisotopic (exact) mass is 342 g/mol. The van der Waals surface area contributed by atoms with Crippen LogP contribution >= 0.6 is 27.5 Å². The van der Waals surface area contributed by atoms with E-state index in [2.05, 4.69) is 15.9 Å². The Morgan fingerprint density at radius 1 is 1.21 bits per heavy atom. The molecule has 0 aliphatic carbocycles. The third kappa shape index (κ3) is 2.93. The van der Waals surface area contributed by atoms with Crippen molar-refractivity contribution >= 4 is 27.5 Å². The lowest BCUT2D eigenvalue weighted by molar-refractivity contribution is 0.414. The fraction of sp³-hybridized carbons (Fsp3) is 0.200. The summed E-state index contributed by atoms with van der Waals surface area (Å²) >= 11 is 9.60. The largest absolute Gasteiger partial charge is 0.497 e. The van der Waals surface area contributed by atoms with Crippen LogP contribution in [0.1, 0.15) is 21.5 Å². The van der Waals surface area contributed by atoms with Gasteiger partial charge < -0.3 is 4.74 Å². The highest BCUT2D eigenvalue weighted by atomic mass is 79.9. The number of rotatable bonds is 3. The highest BCUT2D eigenvalue weighted by Crippen LogP contribution is 2.38. The topological polar surface area (TPSA) is 9.23 Å². The third-order valence-electron chi connectivity index (χ3n) is 3.00. The van der Waals surface area contributed by atoms with E-state index in [-0.39, 0.29) is 9.85 Å². The van der Waals surface area contributed by atoms with Gasteiger partial charge in [0.05, 0.1) is 17.0 Å². The van der Waals surface area contributed by atoms with Gasteiger partial charge in [-0.05, 0) is 41.8 Å². The summed E-state index contributed by atoms with van der Waals surface area (Å²) in [6, 6.07) is 10.6. The molecular formula is C15H13BrClFO. The van der Waals surface area contributed by atoms with Crippen LogP contribution in [0.25, 0.3) is 0 Å². The van der Waals surface area contributed by atoms with Gasteiger partial charge in [0.2, 0.25) is 0 Å². The first kappa shape index (κ1) is 14.4. The average molecular weight is 344 g/mol. The number of hydrogen-bond donors (Lipinski definition) is 0. The summed E-state index contributed by atoms with van der Waals surface area (Å²) < 4.78 is 18.7. The van der Waals surface area contributed by atoms with Gasteiger partial charge >= 0.3 is 0 Å². The lowest BCUT2D eigenvalue weighted by Gasteiger charge is -2.16. The molecule has 0 heterocycles. The standard InChI is InChI=1S/C15H13BrClFO/c1-9-8-10(19-2)6-7-11(9)14(16)12-4-3-5-13(18)15(12)17/h3-8,14H,1-2H3. The van der Waals surface area contributed by atoms with Crippen molar-refractivity contribution in [1.82, 2.24) is 0 Å². The second kappa shape index (κ2) is 5.93. The van der Waals surface area contributed by atoms with E-state index in [1.54, 1.807) is 13.2 Å². The number of aryl methyl sites for hydroxylation is 1. The van der Waals surface area contributed by atoms with Gasteiger partial charge in [0.1, 0.15) is 11.6 Å². The van der Waals surface area contributed by atoms with Gasteiger partial charge in [-0.25, -0.2) is 4.39 Å². The number of alkyl halides is 1. The first-order valence-electron chi connectivity index (χ1n) is 5.77. The van der Waals surface area contributed by atoms with E-state index >= 15 is 0 Å². The number of ether oxygens (including phenoxy) is 1. The van der Waals surface area contributed by atoms with Crippen molar-refractivity contribution in [3.8, 4) is 5.75 Å². The van der Waals surface area contributed by atoms with Crippen molar-refractivity contribution in [2.45, 2.75) is 11.8 Å². The van der Waals surface area contributed by atoms with Crippen LogP contribution in [-0.2, 0) is 0 Å². The zero-order valence-corrected chi connectivity index (χ0v) is 12.9. The van der Waals surface area contributed by atoms with E-state index < -0.39 is 5.82 Å². The summed E-state index contributed by atoms with van der Waals surface area (Å²) in [6.07, 6.45) is 0. The van der Waals surface area contributed by atoms with E-state index in [0.717, 1.165) is 22.4 Å². The molecule has 1 atom stereocenters. The highest BCUT2D eigenvalue weighted by molar-refractivity contribution is 9.09. The Bertz CT molecular complexity index is 601. The molecular weight excluding hydrogens is 331 g/mol. The van der Waals surface area contributed by atoms with Crippen LogP contribution in [0.2, 0.25) is 5.02 Å². The number of benzene rings is 2. The van der Waals surface area contributed by atoms with Crippen LogP contribution in [0, 0.1) is 12.7 Å². The Kier molecular flexibility index (Phi) is 4.48. The maximum absolute atomic E-state index is 13.5. The Hall–Kier alpha value is -1.06. The zero-order valence-electron chi connectivity index (χ0n) is 10.6. The van der Waals surface area contributed by atoms with E-state index in [9.17, 15) is 4.39 Å². The van der Waals surface area contributed by atoms with Gasteiger partial charge in [0.15, 0.2) is 0 Å². The van der Waals surface area contributed by atoms with Crippen molar-refractivity contribution in [2.24, 2.45) is 0 Å². The van der Waals surface area contributed by atoms with Crippen LogP contribution < -0.4 is 4.74 Å². The molecule has 2 rings (SSSR count). The zero-order chi connectivity index (χ0) is 14.0. The van der Waals surface area contributed by atoms with E-state index in [1.807, 2.05) is 31.2 Å². The molecule has 0 radical (unpaired) electrons. The Morgan fingerprint density at radius 2 is 1.95 bits per heavy atom. The molecule has 0 spiro atoms. The molecule has 0 saturated carbocycles. The Balaban J connectivity index is 2.44. The molecule has 0 amide bonds. The fourth-order valence-electron chi connectivity index (χ4n) is 1.94. The lowest BCUT2D eigenvalue weighted by atomic mass is 10.00. The minimum absolute atomic E-state index is 0.151. The van der Waals surface area contributed by atoms with E-state index in [4.69, 9.17) is 16.3 Å². The molecule has 100 valence electrons. The van der Waals surface area contributed by atoms with Crippen LogP contribution in [0.5, 0.6) is 5.75 Å². The maximum Gasteiger partial charge on any atom is 0.142 e. The first-order valence-corrected chi connectivity index (χ1v) is 7.06. The van der Waals surface area contributed by atoms with Crippen molar-refractivity contribution in [1.29, 1.82) is 0 Å². The molecule has 0 aliphatic rings. The summed E-state index contributed by atoms with van der Waals surface area (Å²) in [5, 5.41) is 0.152. The second-order valence-corrected chi connectivity index (χ2v) is 5.52. The summed E-state index contributed by atoms with van der Waals surface area (Å²) in [7, 11) is 1.63. The lowest BCUT2D eigenvalue weighted by Crippen LogP contribution is -1.98. The fourth-order valence-corrected chi connectivity index (χ4v) is 3.21. The minimum Gasteiger partial charge on any atom is -0.497 e. The molecule has 1 nitrogen and oxygen atoms in total. The minimum atomic E-state index is -0.408. The average Bonchev–Trinajstić information content (AvgIpc) is 2.41. The van der Waals surface area contributed by atoms with E-state index in [0.29, 0.717) is 0 Å². The number of methoxy groups -OCH3 is 1. The molecule has 0 saturated heterocycles. The second-order valence-electron chi connectivity index (χ2n) is 4.23. The molecule has 0 aliphatic heterocycles. The molecule has 2 aromatic rings. The van der Waals surface area contributed by atoms with Crippen LogP contribution in [-0.4, -0.2) is 7.11 Å². The highest BCUT2D eigenvalue weighted by Gasteiger charge is 2.17. The van der Waals surface area contributed by atoms with Gasteiger partial charge in [-0.3, -0.25) is 0 Å². The molecule has 0 aromatic heterocycles. The van der Waals surface area contributed by atoms with Crippen LogP contribution in [0.3, 0.4) is 0 Å². The smallest absolute Gasteiger partial charge is 0.142 e. The normalized spacial score (nSPS) is 12.3. The molecule has 0 N–H and O–H groups in total. The third-order valence-corrected chi connectivity index (χ3v) is 4.39. The van der Waals surface area contributed by atoms with Crippen molar-refractivity contribution in [3.63, 3.8) is 0 Å². The summed E-state index contributed by atoms with van der Waals surface area (Å²) in [6.45, 7) is 1.99. The van der Waals surface area contributed by atoms with Crippen molar-refractivity contribution in [3.05, 3.63) is 63.9 Å². The summed E-state index contributed by atoms with van der Waals surface area (Å²) in [5.74, 6) is 0.390. The molecule has 4 heteroatoms. The predicted octanol–water partition coefficient (Wildman–Crippen LogP) is 5.28. The van der Waals surface area contributed by atoms with E-state index in [1.165, 1.54) is 6.07 Å². The van der Waals surface area contributed by atoms with Crippen LogP contribution in [0.15, 0.2) is 36.4 Å². The van der Waals surface area contributed by atoms with Crippen LogP contribution in [0.4, 0.5) is 4.39 Å². The molecule has 1 unspecified atom stereocenters. The maximum atomic E-state index is 13.5. The van der Waals surface area contributed by atoms with Crippen molar-refractivity contribution in [2.75, 3.05) is 7.11 Å². The SMILES string of the molecule is COc1ccc(C(Br)c2cccc(F)c2Cl)c(C)c1. The summed E-state index contributed by atoms with van der Waals surface area (Å²) in [5.41, 5.74) is 2.81. The van der Waals surface area contributed by atoms with Crippen molar-refractivity contribution < 1.29 is 9.13 Å². The quantitative estimate of drug-likeness (QED) is 0.689. The molecule has 2 aromatic carbocycles. The number of halogens is 3. The number of hydrogen-bond acceptors (Lipinski definition) is 1. The summed E-state index contributed by atoms with van der Waals surface area (Å²) in [4.78, 5) is -0.151. The Labute approximate surface area is 125 Å². The van der Waals surface area contributed by atoms with Gasteiger partial charge in [-0.1, -0.05) is 45.7 Å². The molecule has 19 heavy (non-hydrogen) atoms. The van der Waals surface area contributed by atoms with Gasteiger partial charge in [0, 0.05) is 0 Å². The molecule has 0 bridgehead atoms. The first-order chi connectivity index (χ1) is 9.04. The van der Waals surface area contributed by atoms with Gasteiger partial charge in [-0.2, -0.15) is 0 Å². The predicted molar refractivity (Wildman–Crippen MR) is 79.9 cm³/mol. The Morgan fingerprint density at radius 3 is 2.58 bits per heavy atom. The van der Waals surface area contributed by atoms with Gasteiger partial charge in [0.25, 0.3) is 0 Å². The molecule has 0 fully saturated rings. The van der Waals surface area contributed by atoms with Gasteiger partial charge in [-0.15, -0.1) is 0 Å².